The molecule has 2 heterocycles. The fourth-order valence-electron chi connectivity index (χ4n) is 3.38. The van der Waals surface area contributed by atoms with Crippen LogP contribution in [0.15, 0.2) is 18.2 Å². The lowest BCUT2D eigenvalue weighted by Gasteiger charge is -2.39. The molecule has 2 nitrogen and oxygen atoms in total. The lowest BCUT2D eigenvalue weighted by molar-refractivity contribution is -0.102. The van der Waals surface area contributed by atoms with Crippen molar-refractivity contribution in [3.8, 4) is 0 Å². The van der Waals surface area contributed by atoms with Crippen molar-refractivity contribution in [1.29, 1.82) is 0 Å². The molecule has 3 rings (SSSR count). The number of thioether (sulfide) groups is 1. The predicted octanol–water partition coefficient (Wildman–Crippen LogP) is 3.47. The zero-order chi connectivity index (χ0) is 14.2. The Bertz CT molecular complexity index is 485. The average molecular weight is 296 g/mol. The van der Waals surface area contributed by atoms with E-state index in [0.29, 0.717) is 6.61 Å². The Morgan fingerprint density at radius 3 is 3.10 bits per heavy atom. The Labute approximate surface area is 123 Å². The monoisotopic (exact) mass is 296 g/mol. The molecule has 1 spiro atoms. The molecular formula is C16H21FO2S. The molecule has 0 bridgehead atoms. The fourth-order valence-corrected chi connectivity index (χ4v) is 4.76. The Morgan fingerprint density at radius 1 is 1.50 bits per heavy atom. The molecule has 0 aromatic heterocycles. The van der Waals surface area contributed by atoms with Crippen LogP contribution in [0.1, 0.15) is 36.5 Å². The van der Waals surface area contributed by atoms with Gasteiger partial charge in [-0.05, 0) is 61.1 Å². The maximum atomic E-state index is 13.4. The van der Waals surface area contributed by atoms with Crippen molar-refractivity contribution in [2.45, 2.75) is 37.9 Å². The largest absolute Gasteiger partial charge is 0.388 e. The van der Waals surface area contributed by atoms with Crippen molar-refractivity contribution >= 4 is 11.8 Å². The molecule has 110 valence electrons. The highest BCUT2D eigenvalue weighted by Crippen LogP contribution is 2.44. The summed E-state index contributed by atoms with van der Waals surface area (Å²) in [5, 5.41) is 10.7. The van der Waals surface area contributed by atoms with Gasteiger partial charge in [-0.15, -0.1) is 0 Å². The molecule has 3 atom stereocenters. The standard InChI is InChI=1S/C16H21FO2S/c1-11-2-3-13(17)8-14(11)15(18)12-4-6-19-16(9-12)5-7-20-10-16/h2-3,8,12,15,18H,4-7,9-10H2,1H3. The smallest absolute Gasteiger partial charge is 0.123 e. The van der Waals surface area contributed by atoms with Gasteiger partial charge in [0.05, 0.1) is 11.7 Å². The first-order valence-electron chi connectivity index (χ1n) is 7.25. The summed E-state index contributed by atoms with van der Waals surface area (Å²) in [5.41, 5.74) is 1.65. The molecule has 20 heavy (non-hydrogen) atoms. The Kier molecular flexibility index (Phi) is 4.07. The maximum Gasteiger partial charge on any atom is 0.123 e. The number of aryl methyl sites for hydroxylation is 1. The van der Waals surface area contributed by atoms with Crippen molar-refractivity contribution in [3.05, 3.63) is 35.1 Å². The summed E-state index contributed by atoms with van der Waals surface area (Å²) in [4.78, 5) is 0. The molecule has 2 aliphatic rings. The zero-order valence-electron chi connectivity index (χ0n) is 11.8. The van der Waals surface area contributed by atoms with E-state index in [1.54, 1.807) is 6.07 Å². The molecule has 4 heteroatoms. The van der Waals surface area contributed by atoms with E-state index in [1.165, 1.54) is 12.1 Å². The van der Waals surface area contributed by atoms with Crippen LogP contribution in [0.25, 0.3) is 0 Å². The van der Waals surface area contributed by atoms with E-state index in [4.69, 9.17) is 4.74 Å². The molecule has 3 unspecified atom stereocenters. The summed E-state index contributed by atoms with van der Waals surface area (Å²) in [6, 6.07) is 4.67. The van der Waals surface area contributed by atoms with E-state index in [2.05, 4.69) is 0 Å². The fraction of sp³-hybridized carbons (Fsp3) is 0.625. The van der Waals surface area contributed by atoms with Crippen molar-refractivity contribution in [1.82, 2.24) is 0 Å². The summed E-state index contributed by atoms with van der Waals surface area (Å²) in [6.45, 7) is 2.63. The van der Waals surface area contributed by atoms with E-state index in [1.807, 2.05) is 18.7 Å². The van der Waals surface area contributed by atoms with Crippen molar-refractivity contribution < 1.29 is 14.2 Å². The zero-order valence-corrected chi connectivity index (χ0v) is 12.6. The molecule has 1 aromatic carbocycles. The van der Waals surface area contributed by atoms with Crippen LogP contribution in [0.5, 0.6) is 0 Å². The van der Waals surface area contributed by atoms with Crippen LogP contribution in [0.2, 0.25) is 0 Å². The van der Waals surface area contributed by atoms with Crippen molar-refractivity contribution in [3.63, 3.8) is 0 Å². The van der Waals surface area contributed by atoms with E-state index in [-0.39, 0.29) is 17.3 Å². The Morgan fingerprint density at radius 2 is 2.35 bits per heavy atom. The van der Waals surface area contributed by atoms with Crippen molar-refractivity contribution in [2.24, 2.45) is 5.92 Å². The van der Waals surface area contributed by atoms with Crippen LogP contribution in [0.4, 0.5) is 4.39 Å². The summed E-state index contributed by atoms with van der Waals surface area (Å²) in [5.74, 6) is 2.06. The highest BCUT2D eigenvalue weighted by molar-refractivity contribution is 7.99. The summed E-state index contributed by atoms with van der Waals surface area (Å²) in [6.07, 6.45) is 2.22. The summed E-state index contributed by atoms with van der Waals surface area (Å²) >= 11 is 1.93. The Balaban J connectivity index is 1.79. The normalized spacial score (nSPS) is 31.6. The number of hydrogen-bond donors (Lipinski definition) is 1. The lowest BCUT2D eigenvalue weighted by atomic mass is 9.79. The number of rotatable bonds is 2. The quantitative estimate of drug-likeness (QED) is 0.906. The van der Waals surface area contributed by atoms with Gasteiger partial charge in [-0.2, -0.15) is 11.8 Å². The van der Waals surface area contributed by atoms with Gasteiger partial charge in [0.15, 0.2) is 0 Å². The van der Waals surface area contributed by atoms with Crippen LogP contribution in [-0.4, -0.2) is 28.8 Å². The second kappa shape index (κ2) is 5.66. The highest BCUT2D eigenvalue weighted by Gasteiger charge is 2.42. The van der Waals surface area contributed by atoms with E-state index in [0.717, 1.165) is 41.9 Å². The van der Waals surface area contributed by atoms with Crippen LogP contribution in [0.3, 0.4) is 0 Å². The third kappa shape index (κ3) is 2.74. The van der Waals surface area contributed by atoms with Crippen LogP contribution in [-0.2, 0) is 4.74 Å². The van der Waals surface area contributed by atoms with Crippen LogP contribution < -0.4 is 0 Å². The van der Waals surface area contributed by atoms with E-state index < -0.39 is 6.10 Å². The van der Waals surface area contributed by atoms with Gasteiger partial charge in [0.1, 0.15) is 5.82 Å². The topological polar surface area (TPSA) is 29.5 Å². The van der Waals surface area contributed by atoms with Gasteiger partial charge in [0.25, 0.3) is 0 Å². The molecule has 0 radical (unpaired) electrons. The molecule has 2 saturated heterocycles. The van der Waals surface area contributed by atoms with Gasteiger partial charge in [0, 0.05) is 12.4 Å². The van der Waals surface area contributed by atoms with Gasteiger partial charge in [-0.25, -0.2) is 4.39 Å². The van der Waals surface area contributed by atoms with E-state index >= 15 is 0 Å². The highest BCUT2D eigenvalue weighted by atomic mass is 32.2. The molecule has 0 amide bonds. The number of aliphatic hydroxyl groups excluding tert-OH is 1. The van der Waals surface area contributed by atoms with Crippen LogP contribution in [0, 0.1) is 18.7 Å². The molecular weight excluding hydrogens is 275 g/mol. The number of halogens is 1. The van der Waals surface area contributed by atoms with Gasteiger partial charge >= 0.3 is 0 Å². The Hall–Kier alpha value is -0.580. The average Bonchev–Trinajstić information content (AvgIpc) is 2.88. The minimum atomic E-state index is -0.586. The maximum absolute atomic E-state index is 13.4. The third-order valence-corrected chi connectivity index (χ3v) is 5.83. The number of benzene rings is 1. The SMILES string of the molecule is Cc1ccc(F)cc1C(O)C1CCOC2(CCSC2)C1. The first kappa shape index (κ1) is 14.4. The number of aliphatic hydroxyl groups is 1. The molecule has 2 fully saturated rings. The second-order valence-corrected chi connectivity index (χ2v) is 7.14. The first-order chi connectivity index (χ1) is 9.60. The first-order valence-corrected chi connectivity index (χ1v) is 8.41. The van der Waals surface area contributed by atoms with Crippen molar-refractivity contribution in [2.75, 3.05) is 18.1 Å². The molecule has 0 aliphatic carbocycles. The van der Waals surface area contributed by atoms with Gasteiger partial charge < -0.3 is 9.84 Å². The third-order valence-electron chi connectivity index (χ3n) is 4.60. The molecule has 1 aromatic rings. The van der Waals surface area contributed by atoms with Crippen LogP contribution >= 0.6 is 11.8 Å². The van der Waals surface area contributed by atoms with Gasteiger partial charge in [0.2, 0.25) is 0 Å². The molecule has 0 saturated carbocycles. The minimum absolute atomic E-state index is 0.0458. The molecule has 1 N–H and O–H groups in total. The van der Waals surface area contributed by atoms with Gasteiger partial charge in [-0.3, -0.25) is 0 Å². The van der Waals surface area contributed by atoms with Gasteiger partial charge in [-0.1, -0.05) is 6.07 Å². The number of hydrogen-bond acceptors (Lipinski definition) is 3. The minimum Gasteiger partial charge on any atom is -0.388 e. The molecule has 2 aliphatic heterocycles. The lowest BCUT2D eigenvalue weighted by Crippen LogP contribution is -2.41. The van der Waals surface area contributed by atoms with E-state index in [9.17, 15) is 9.50 Å². The number of ether oxygens (including phenoxy) is 1. The summed E-state index contributed by atoms with van der Waals surface area (Å²) in [7, 11) is 0. The second-order valence-electron chi connectivity index (χ2n) is 6.03. The summed E-state index contributed by atoms with van der Waals surface area (Å²) < 4.78 is 19.4. The predicted molar refractivity (Wildman–Crippen MR) is 79.4 cm³/mol.